The quantitative estimate of drug-likeness (QED) is 0.296. The fourth-order valence-corrected chi connectivity index (χ4v) is 5.27. The molecule has 6 atom stereocenters. The van der Waals surface area contributed by atoms with Gasteiger partial charge in [-0.1, -0.05) is 60.7 Å². The van der Waals surface area contributed by atoms with E-state index in [1.54, 1.807) is 38.1 Å². The summed E-state index contributed by atoms with van der Waals surface area (Å²) in [6, 6.07) is 17.7. The van der Waals surface area contributed by atoms with Crippen molar-refractivity contribution in [1.82, 2.24) is 14.5 Å². The second-order valence-corrected chi connectivity index (χ2v) is 11.0. The Morgan fingerprint density at radius 2 is 1.58 bits per heavy atom. The molecule has 3 heterocycles. The van der Waals surface area contributed by atoms with Crippen molar-refractivity contribution < 1.29 is 43.1 Å². The molecule has 45 heavy (non-hydrogen) atoms. The molecule has 2 aliphatic heterocycles. The van der Waals surface area contributed by atoms with Crippen LogP contribution >= 0.6 is 0 Å². The number of alkyl carbamates (subject to hydrolysis) is 1. The Kier molecular flexibility index (Phi) is 9.80. The van der Waals surface area contributed by atoms with E-state index < -0.39 is 65.8 Å². The predicted octanol–water partition coefficient (Wildman–Crippen LogP) is 1.43. The first-order valence-electron chi connectivity index (χ1n) is 14.3. The summed E-state index contributed by atoms with van der Waals surface area (Å²) in [5, 5.41) is 13.8. The number of benzene rings is 2. The first-order valence-corrected chi connectivity index (χ1v) is 14.3. The lowest BCUT2D eigenvalue weighted by atomic mass is 9.99. The number of nitrogens with zero attached hydrogens (tertiary/aromatic N) is 2. The van der Waals surface area contributed by atoms with Crippen LogP contribution in [-0.4, -0.2) is 69.7 Å². The summed E-state index contributed by atoms with van der Waals surface area (Å²) < 4.78 is 35.9. The highest BCUT2D eigenvalue weighted by Gasteiger charge is 2.59. The fraction of sp³-hybridized carbons (Fsp3) is 0.419. The number of aliphatic hydroxyl groups excluding tert-OH is 1. The molecule has 0 unspecified atom stereocenters. The summed E-state index contributed by atoms with van der Waals surface area (Å²) in [7, 11) is 1.10. The number of aliphatic hydroxyl groups is 1. The first-order chi connectivity index (χ1) is 21.6. The van der Waals surface area contributed by atoms with Crippen molar-refractivity contribution in [3.63, 3.8) is 0 Å². The van der Waals surface area contributed by atoms with Gasteiger partial charge in [-0.25, -0.2) is 19.0 Å². The molecule has 0 aliphatic carbocycles. The second kappa shape index (κ2) is 13.7. The predicted molar refractivity (Wildman–Crippen MR) is 156 cm³/mol. The van der Waals surface area contributed by atoms with Crippen LogP contribution in [0, 0.1) is 0 Å². The van der Waals surface area contributed by atoms with Crippen molar-refractivity contribution in [2.75, 3.05) is 7.11 Å². The normalized spacial score (nSPS) is 23.1. The molecule has 2 fully saturated rings. The first kappa shape index (κ1) is 32.1. The van der Waals surface area contributed by atoms with Gasteiger partial charge < -0.3 is 38.8 Å². The fourth-order valence-electron chi connectivity index (χ4n) is 5.27. The highest BCUT2D eigenvalue weighted by Crippen LogP contribution is 2.44. The Labute approximate surface area is 258 Å². The van der Waals surface area contributed by atoms with Gasteiger partial charge in [0.25, 0.3) is 5.56 Å². The molecule has 0 saturated carbocycles. The SMILES string of the molecule is COC(=O)[C@@H](NC(=O)OCc1ccccc1)[C@H](O)[C@H]1O[C@@H](n2ccc(=O)n(COCc3ccccc3)c2=O)[C@@H]2OC(C)(C)O[C@H]12. The molecular weight excluding hydrogens is 590 g/mol. The van der Waals surface area contributed by atoms with E-state index in [0.717, 1.165) is 21.8 Å². The largest absolute Gasteiger partial charge is 0.467 e. The molecule has 0 spiro atoms. The molecular formula is C31H35N3O11. The van der Waals surface area contributed by atoms with Crippen molar-refractivity contribution in [3.05, 3.63) is 105 Å². The minimum absolute atomic E-state index is 0.0812. The highest BCUT2D eigenvalue weighted by atomic mass is 16.8. The van der Waals surface area contributed by atoms with Crippen molar-refractivity contribution in [2.24, 2.45) is 0 Å². The van der Waals surface area contributed by atoms with Crippen LogP contribution in [0.1, 0.15) is 31.2 Å². The average Bonchev–Trinajstić information content (AvgIpc) is 3.53. The number of rotatable bonds is 11. The number of aromatic nitrogens is 2. The zero-order valence-corrected chi connectivity index (χ0v) is 24.9. The molecule has 3 aromatic rings. The van der Waals surface area contributed by atoms with E-state index in [0.29, 0.717) is 5.56 Å². The molecule has 5 rings (SSSR count). The summed E-state index contributed by atoms with van der Waals surface area (Å²) in [6.45, 7) is 3.04. The van der Waals surface area contributed by atoms with Crippen molar-refractivity contribution in [3.8, 4) is 0 Å². The van der Waals surface area contributed by atoms with Crippen LogP contribution in [0.2, 0.25) is 0 Å². The lowest BCUT2D eigenvalue weighted by Gasteiger charge is -2.30. The lowest BCUT2D eigenvalue weighted by Crippen LogP contribution is -2.56. The van der Waals surface area contributed by atoms with Crippen molar-refractivity contribution in [2.45, 2.75) is 76.3 Å². The minimum atomic E-state index is -1.73. The summed E-state index contributed by atoms with van der Waals surface area (Å²) in [5.74, 6) is -2.13. The number of esters is 1. The van der Waals surface area contributed by atoms with E-state index in [2.05, 4.69) is 5.32 Å². The van der Waals surface area contributed by atoms with E-state index in [9.17, 15) is 24.3 Å². The van der Waals surface area contributed by atoms with Gasteiger partial charge in [-0.05, 0) is 25.0 Å². The van der Waals surface area contributed by atoms with Crippen LogP contribution in [0.4, 0.5) is 4.79 Å². The third-order valence-electron chi connectivity index (χ3n) is 7.39. The Morgan fingerprint density at radius 3 is 2.22 bits per heavy atom. The third kappa shape index (κ3) is 7.32. The maximum Gasteiger partial charge on any atom is 0.408 e. The molecule has 240 valence electrons. The Hall–Kier alpha value is -4.34. The number of nitrogens with one attached hydrogen (secondary N) is 1. The Balaban J connectivity index is 1.35. The van der Waals surface area contributed by atoms with Gasteiger partial charge in [-0.15, -0.1) is 0 Å². The zero-order chi connectivity index (χ0) is 32.1. The number of amides is 1. The Morgan fingerprint density at radius 1 is 0.956 bits per heavy atom. The van der Waals surface area contributed by atoms with Crippen molar-refractivity contribution >= 4 is 12.1 Å². The maximum absolute atomic E-state index is 13.5. The monoisotopic (exact) mass is 625 g/mol. The molecule has 1 aromatic heterocycles. The van der Waals surface area contributed by atoms with Gasteiger partial charge in [-0.2, -0.15) is 0 Å². The van der Waals surface area contributed by atoms with Crippen LogP contribution in [0.3, 0.4) is 0 Å². The van der Waals surface area contributed by atoms with E-state index in [-0.39, 0.29) is 19.9 Å². The van der Waals surface area contributed by atoms with E-state index >= 15 is 0 Å². The summed E-state index contributed by atoms with van der Waals surface area (Å²) in [4.78, 5) is 51.5. The molecule has 0 bridgehead atoms. The number of carbonyl (C=O) groups excluding carboxylic acids is 2. The number of ether oxygens (including phenoxy) is 6. The summed E-state index contributed by atoms with van der Waals surface area (Å²) in [5.41, 5.74) is 0.221. The highest BCUT2D eigenvalue weighted by molar-refractivity contribution is 5.82. The molecule has 2 N–H and O–H groups in total. The number of fused-ring (bicyclic) bond motifs is 1. The van der Waals surface area contributed by atoms with Gasteiger partial charge >= 0.3 is 17.8 Å². The molecule has 1 amide bonds. The van der Waals surface area contributed by atoms with Crippen LogP contribution < -0.4 is 16.6 Å². The topological polar surface area (TPSA) is 166 Å². The van der Waals surface area contributed by atoms with Gasteiger partial charge in [0.05, 0.1) is 13.7 Å². The van der Waals surface area contributed by atoms with Gasteiger partial charge in [0.1, 0.15) is 37.8 Å². The van der Waals surface area contributed by atoms with Gasteiger partial charge in [0, 0.05) is 12.3 Å². The minimum Gasteiger partial charge on any atom is -0.467 e. The van der Waals surface area contributed by atoms with Gasteiger partial charge in [-0.3, -0.25) is 9.36 Å². The van der Waals surface area contributed by atoms with Crippen molar-refractivity contribution in [1.29, 1.82) is 0 Å². The van der Waals surface area contributed by atoms with E-state index in [4.69, 9.17) is 28.4 Å². The molecule has 14 nitrogen and oxygen atoms in total. The van der Waals surface area contributed by atoms with Crippen LogP contribution in [0.5, 0.6) is 0 Å². The summed E-state index contributed by atoms with van der Waals surface area (Å²) in [6.07, 6.45) is -5.88. The summed E-state index contributed by atoms with van der Waals surface area (Å²) >= 11 is 0. The number of hydrogen-bond acceptors (Lipinski definition) is 11. The lowest BCUT2D eigenvalue weighted by molar-refractivity contribution is -0.210. The molecule has 2 aliphatic rings. The van der Waals surface area contributed by atoms with Crippen LogP contribution in [0.15, 0.2) is 82.5 Å². The standard InChI is InChI=1S/C31H35N3O11/c1-31(2)44-25-24(23(36)22(28(37)40-3)32-29(38)42-17-20-12-8-5-9-13-20)43-27(26(25)45-31)33-15-14-21(35)34(30(33)39)18-41-16-19-10-6-4-7-11-19/h4-15,22-27,36H,16-18H2,1-3H3,(H,32,38)/t22-,23-,24+,25+,26+,27+/m0/s1. The van der Waals surface area contributed by atoms with Crippen LogP contribution in [0.25, 0.3) is 0 Å². The third-order valence-corrected chi connectivity index (χ3v) is 7.39. The maximum atomic E-state index is 13.5. The zero-order valence-electron chi connectivity index (χ0n) is 24.9. The molecule has 0 radical (unpaired) electrons. The van der Waals surface area contributed by atoms with Gasteiger partial charge in [0.15, 0.2) is 18.1 Å². The molecule has 2 aromatic carbocycles. The average molecular weight is 626 g/mol. The number of methoxy groups -OCH3 is 1. The smallest absolute Gasteiger partial charge is 0.408 e. The molecule has 2 saturated heterocycles. The Bertz CT molecular complexity index is 1590. The van der Waals surface area contributed by atoms with Crippen LogP contribution in [-0.2, 0) is 53.2 Å². The second-order valence-electron chi connectivity index (χ2n) is 11.0. The number of carbonyl (C=O) groups is 2. The van der Waals surface area contributed by atoms with E-state index in [1.807, 2.05) is 36.4 Å². The van der Waals surface area contributed by atoms with Gasteiger partial charge in [0.2, 0.25) is 0 Å². The molecule has 14 heteroatoms. The number of hydrogen-bond donors (Lipinski definition) is 2. The van der Waals surface area contributed by atoms with E-state index in [1.165, 1.54) is 12.3 Å².